The van der Waals surface area contributed by atoms with E-state index < -0.39 is 5.97 Å². The molecule has 1 aromatic carbocycles. The van der Waals surface area contributed by atoms with Crippen LogP contribution in [0.25, 0.3) is 10.9 Å². The molecule has 20 heavy (non-hydrogen) atoms. The van der Waals surface area contributed by atoms with Gasteiger partial charge in [0.15, 0.2) is 0 Å². The monoisotopic (exact) mass is 272 g/mol. The van der Waals surface area contributed by atoms with Crippen LogP contribution in [0.1, 0.15) is 10.5 Å². The van der Waals surface area contributed by atoms with E-state index >= 15 is 0 Å². The van der Waals surface area contributed by atoms with Gasteiger partial charge in [0.2, 0.25) is 0 Å². The van der Waals surface area contributed by atoms with Crippen LogP contribution in [0.2, 0.25) is 0 Å². The Hall–Kier alpha value is -2.56. The molecule has 1 aromatic heterocycles. The van der Waals surface area contributed by atoms with Gasteiger partial charge in [0, 0.05) is 17.4 Å². The Balaban J connectivity index is 2.32. The minimum Gasteiger partial charge on any atom is -0.468 e. The minimum atomic E-state index is -0.482. The molecule has 5 heteroatoms. The van der Waals surface area contributed by atoms with E-state index in [-0.39, 0.29) is 12.5 Å². The van der Waals surface area contributed by atoms with Crippen LogP contribution in [0.4, 0.5) is 0 Å². The number of amides is 1. The summed E-state index contributed by atoms with van der Waals surface area (Å²) < 4.78 is 6.35. The first-order valence-corrected chi connectivity index (χ1v) is 6.21. The van der Waals surface area contributed by atoms with E-state index in [2.05, 4.69) is 16.6 Å². The summed E-state index contributed by atoms with van der Waals surface area (Å²) in [5.74, 6) is -0.793. The fourth-order valence-electron chi connectivity index (χ4n) is 2.04. The lowest BCUT2D eigenvalue weighted by Crippen LogP contribution is -2.31. The number of carbonyl (C=O) groups is 2. The van der Waals surface area contributed by atoms with Crippen LogP contribution in [-0.2, 0) is 16.1 Å². The van der Waals surface area contributed by atoms with Gasteiger partial charge < -0.3 is 14.6 Å². The third-order valence-electron chi connectivity index (χ3n) is 2.98. The lowest BCUT2D eigenvalue weighted by molar-refractivity contribution is -0.139. The second kappa shape index (κ2) is 6.06. The second-order valence-corrected chi connectivity index (χ2v) is 4.25. The maximum Gasteiger partial charge on any atom is 0.325 e. The summed E-state index contributed by atoms with van der Waals surface area (Å²) in [6.45, 7) is 4.08. The number of nitrogens with one attached hydrogen (secondary N) is 1. The number of fused-ring (bicyclic) bond motifs is 1. The smallest absolute Gasteiger partial charge is 0.325 e. The maximum atomic E-state index is 12.2. The molecule has 0 radical (unpaired) electrons. The fraction of sp³-hybridized carbons (Fsp3) is 0.200. The molecular weight excluding hydrogens is 256 g/mol. The predicted molar refractivity (Wildman–Crippen MR) is 76.5 cm³/mol. The SMILES string of the molecule is C=CCn1c(C(=O)NCC(=O)OC)cc2ccccc21. The lowest BCUT2D eigenvalue weighted by Gasteiger charge is -2.08. The van der Waals surface area contributed by atoms with E-state index in [9.17, 15) is 9.59 Å². The molecule has 1 amide bonds. The minimum absolute atomic E-state index is 0.148. The van der Waals surface area contributed by atoms with E-state index in [1.54, 1.807) is 12.1 Å². The second-order valence-electron chi connectivity index (χ2n) is 4.25. The average molecular weight is 272 g/mol. The fourth-order valence-corrected chi connectivity index (χ4v) is 2.04. The molecule has 104 valence electrons. The van der Waals surface area contributed by atoms with E-state index in [0.29, 0.717) is 12.2 Å². The Bertz CT molecular complexity index is 658. The summed E-state index contributed by atoms with van der Waals surface area (Å²) in [6.07, 6.45) is 1.73. The molecule has 0 atom stereocenters. The molecule has 0 unspecified atom stereocenters. The van der Waals surface area contributed by atoms with Gasteiger partial charge in [-0.05, 0) is 12.1 Å². The number of hydrogen-bond acceptors (Lipinski definition) is 3. The van der Waals surface area contributed by atoms with Gasteiger partial charge >= 0.3 is 5.97 Å². The third kappa shape index (κ3) is 2.71. The van der Waals surface area contributed by atoms with Crippen LogP contribution >= 0.6 is 0 Å². The van der Waals surface area contributed by atoms with Gasteiger partial charge in [-0.3, -0.25) is 9.59 Å². The number of aromatic nitrogens is 1. The molecule has 0 fully saturated rings. The summed E-state index contributed by atoms with van der Waals surface area (Å²) >= 11 is 0. The van der Waals surface area contributed by atoms with Crippen molar-refractivity contribution < 1.29 is 14.3 Å². The highest BCUT2D eigenvalue weighted by molar-refractivity contribution is 5.99. The predicted octanol–water partition coefficient (Wildman–Crippen LogP) is 1.73. The molecule has 2 aromatic rings. The van der Waals surface area contributed by atoms with Gasteiger partial charge in [-0.2, -0.15) is 0 Å². The van der Waals surface area contributed by atoms with E-state index in [0.717, 1.165) is 10.9 Å². The van der Waals surface area contributed by atoms with Gasteiger partial charge in [0.05, 0.1) is 7.11 Å². The molecule has 0 aliphatic carbocycles. The van der Waals surface area contributed by atoms with Crippen molar-refractivity contribution in [2.45, 2.75) is 6.54 Å². The van der Waals surface area contributed by atoms with Gasteiger partial charge in [0.1, 0.15) is 12.2 Å². The highest BCUT2D eigenvalue weighted by Gasteiger charge is 2.15. The zero-order chi connectivity index (χ0) is 14.5. The van der Waals surface area contributed by atoms with Crippen LogP contribution in [0.5, 0.6) is 0 Å². The summed E-state index contributed by atoms with van der Waals surface area (Å²) in [4.78, 5) is 23.2. The van der Waals surface area contributed by atoms with E-state index in [1.807, 2.05) is 28.8 Å². The van der Waals surface area contributed by atoms with Crippen LogP contribution in [0.15, 0.2) is 43.0 Å². The first kappa shape index (κ1) is 13.9. The van der Waals surface area contributed by atoms with Gasteiger partial charge in [-0.15, -0.1) is 6.58 Å². The number of allylic oxidation sites excluding steroid dienone is 1. The molecule has 0 aliphatic rings. The summed E-state index contributed by atoms with van der Waals surface area (Å²) in [6, 6.07) is 9.50. The third-order valence-corrected chi connectivity index (χ3v) is 2.98. The molecule has 0 saturated carbocycles. The van der Waals surface area contributed by atoms with Crippen molar-refractivity contribution in [1.82, 2.24) is 9.88 Å². The Labute approximate surface area is 116 Å². The number of para-hydroxylation sites is 1. The molecule has 2 rings (SSSR count). The number of ether oxygens (including phenoxy) is 1. The van der Waals surface area contributed by atoms with Crippen molar-refractivity contribution in [3.8, 4) is 0 Å². The van der Waals surface area contributed by atoms with Crippen molar-refractivity contribution in [2.24, 2.45) is 0 Å². The zero-order valence-electron chi connectivity index (χ0n) is 11.3. The topological polar surface area (TPSA) is 60.3 Å². The number of nitrogens with zero attached hydrogens (tertiary/aromatic N) is 1. The normalized spacial score (nSPS) is 10.2. The van der Waals surface area contributed by atoms with Crippen molar-refractivity contribution in [1.29, 1.82) is 0 Å². The first-order chi connectivity index (χ1) is 9.67. The number of hydrogen-bond donors (Lipinski definition) is 1. The maximum absolute atomic E-state index is 12.2. The van der Waals surface area contributed by atoms with Crippen molar-refractivity contribution in [3.05, 3.63) is 48.7 Å². The van der Waals surface area contributed by atoms with Gasteiger partial charge in [0.25, 0.3) is 5.91 Å². The molecule has 0 spiro atoms. The van der Waals surface area contributed by atoms with Crippen LogP contribution in [0.3, 0.4) is 0 Å². The quantitative estimate of drug-likeness (QED) is 0.666. The Morgan fingerprint density at radius 3 is 2.85 bits per heavy atom. The number of carbonyl (C=O) groups excluding carboxylic acids is 2. The number of benzene rings is 1. The lowest BCUT2D eigenvalue weighted by atomic mass is 10.2. The van der Waals surface area contributed by atoms with Gasteiger partial charge in [-0.1, -0.05) is 24.3 Å². The molecule has 1 N–H and O–H groups in total. The van der Waals surface area contributed by atoms with Gasteiger partial charge in [-0.25, -0.2) is 0 Å². The summed E-state index contributed by atoms with van der Waals surface area (Å²) in [5.41, 5.74) is 1.45. The number of methoxy groups -OCH3 is 1. The van der Waals surface area contributed by atoms with Crippen molar-refractivity contribution >= 4 is 22.8 Å². The molecule has 0 aliphatic heterocycles. The average Bonchev–Trinajstić information content (AvgIpc) is 2.84. The first-order valence-electron chi connectivity index (χ1n) is 6.21. The molecule has 5 nitrogen and oxygen atoms in total. The van der Waals surface area contributed by atoms with E-state index in [4.69, 9.17) is 0 Å². The van der Waals surface area contributed by atoms with Crippen LogP contribution in [-0.4, -0.2) is 30.1 Å². The van der Waals surface area contributed by atoms with E-state index in [1.165, 1.54) is 7.11 Å². The zero-order valence-corrected chi connectivity index (χ0v) is 11.3. The molecule has 1 heterocycles. The largest absolute Gasteiger partial charge is 0.468 e. The molecular formula is C15H16N2O3. The molecule has 0 bridgehead atoms. The standard InChI is InChI=1S/C15H16N2O3/c1-3-8-17-12-7-5-4-6-11(12)9-13(17)15(19)16-10-14(18)20-2/h3-7,9H,1,8,10H2,2H3,(H,16,19). The van der Waals surface area contributed by atoms with Crippen LogP contribution in [0, 0.1) is 0 Å². The Morgan fingerprint density at radius 2 is 2.15 bits per heavy atom. The summed E-state index contributed by atoms with van der Waals surface area (Å²) in [5, 5.41) is 3.51. The Morgan fingerprint density at radius 1 is 1.40 bits per heavy atom. The number of esters is 1. The van der Waals surface area contributed by atoms with Crippen molar-refractivity contribution in [3.63, 3.8) is 0 Å². The number of rotatable bonds is 5. The van der Waals surface area contributed by atoms with Crippen molar-refractivity contribution in [2.75, 3.05) is 13.7 Å². The Kier molecular flexibility index (Phi) is 4.20. The highest BCUT2D eigenvalue weighted by Crippen LogP contribution is 2.19. The molecule has 0 saturated heterocycles. The van der Waals surface area contributed by atoms with Crippen LogP contribution < -0.4 is 5.32 Å². The summed E-state index contributed by atoms with van der Waals surface area (Å²) in [7, 11) is 1.28. The highest BCUT2D eigenvalue weighted by atomic mass is 16.5.